The van der Waals surface area contributed by atoms with Crippen molar-refractivity contribution >= 4 is 32.8 Å². The van der Waals surface area contributed by atoms with Crippen LogP contribution in [0.25, 0.3) is 11.0 Å². The molecular formula is C22H21BrFNO3. The Morgan fingerprint density at radius 3 is 2.75 bits per heavy atom. The molecule has 0 radical (unpaired) electrons. The van der Waals surface area contributed by atoms with Gasteiger partial charge in [-0.25, -0.2) is 4.39 Å². The van der Waals surface area contributed by atoms with E-state index >= 15 is 0 Å². The van der Waals surface area contributed by atoms with Crippen molar-refractivity contribution in [2.45, 2.75) is 32.4 Å². The third-order valence-electron chi connectivity index (χ3n) is 5.11. The molecule has 1 atom stereocenters. The quantitative estimate of drug-likeness (QED) is 0.523. The van der Waals surface area contributed by atoms with Gasteiger partial charge in [-0.3, -0.25) is 4.79 Å². The van der Waals surface area contributed by atoms with E-state index in [4.69, 9.17) is 9.15 Å². The molecule has 0 saturated carbocycles. The number of fused-ring (bicyclic) bond motifs is 1. The van der Waals surface area contributed by atoms with Gasteiger partial charge in [0.2, 0.25) is 0 Å². The molecule has 4 rings (SSSR count). The summed E-state index contributed by atoms with van der Waals surface area (Å²) in [5.41, 5.74) is 2.37. The molecule has 1 aliphatic rings. The average Bonchev–Trinajstić information content (AvgIpc) is 3.31. The van der Waals surface area contributed by atoms with Gasteiger partial charge < -0.3 is 14.1 Å². The summed E-state index contributed by atoms with van der Waals surface area (Å²) in [6, 6.07) is 11.9. The highest BCUT2D eigenvalue weighted by Gasteiger charge is 2.27. The van der Waals surface area contributed by atoms with Crippen molar-refractivity contribution in [1.29, 1.82) is 0 Å². The van der Waals surface area contributed by atoms with Crippen LogP contribution < -0.4 is 0 Å². The van der Waals surface area contributed by atoms with Gasteiger partial charge in [0.1, 0.15) is 11.4 Å². The fourth-order valence-electron chi connectivity index (χ4n) is 3.60. The summed E-state index contributed by atoms with van der Waals surface area (Å²) in [5, 5.41) is 0.913. The summed E-state index contributed by atoms with van der Waals surface area (Å²) in [6.45, 7) is 3.48. The number of nitrogens with zero attached hydrogens (tertiary/aromatic N) is 1. The minimum absolute atomic E-state index is 0.0169. The lowest BCUT2D eigenvalue weighted by atomic mass is 10.1. The van der Waals surface area contributed by atoms with Crippen LogP contribution in [0.3, 0.4) is 0 Å². The van der Waals surface area contributed by atoms with Crippen LogP contribution >= 0.6 is 15.9 Å². The van der Waals surface area contributed by atoms with E-state index in [9.17, 15) is 9.18 Å². The van der Waals surface area contributed by atoms with E-state index in [0.717, 1.165) is 40.4 Å². The third kappa shape index (κ3) is 3.98. The molecule has 0 aliphatic carbocycles. The van der Waals surface area contributed by atoms with Gasteiger partial charge in [0.25, 0.3) is 5.91 Å². The second-order valence-corrected chi connectivity index (χ2v) is 8.06. The largest absolute Gasteiger partial charge is 0.451 e. The fraction of sp³-hybridized carbons (Fsp3) is 0.318. The van der Waals surface area contributed by atoms with E-state index < -0.39 is 0 Å². The van der Waals surface area contributed by atoms with E-state index in [0.29, 0.717) is 24.4 Å². The average molecular weight is 446 g/mol. The van der Waals surface area contributed by atoms with Gasteiger partial charge in [0, 0.05) is 35.1 Å². The lowest BCUT2D eigenvalue weighted by Crippen LogP contribution is -2.37. The molecule has 3 aromatic rings. The maximum atomic E-state index is 13.4. The summed E-state index contributed by atoms with van der Waals surface area (Å²) in [5.74, 6) is -0.127. The van der Waals surface area contributed by atoms with Crippen LogP contribution in [-0.2, 0) is 11.3 Å². The molecule has 146 valence electrons. The predicted molar refractivity (Wildman–Crippen MR) is 109 cm³/mol. The maximum Gasteiger partial charge on any atom is 0.290 e. The number of amides is 1. The van der Waals surface area contributed by atoms with Crippen LogP contribution in [0.5, 0.6) is 0 Å². The second-order valence-electron chi connectivity index (χ2n) is 7.14. The fourth-order valence-corrected chi connectivity index (χ4v) is 3.97. The van der Waals surface area contributed by atoms with Crippen molar-refractivity contribution in [3.63, 3.8) is 0 Å². The van der Waals surface area contributed by atoms with E-state index in [1.54, 1.807) is 17.0 Å². The number of carbonyl (C=O) groups is 1. The molecule has 28 heavy (non-hydrogen) atoms. The highest BCUT2D eigenvalue weighted by Crippen LogP contribution is 2.29. The van der Waals surface area contributed by atoms with Crippen LogP contribution in [0.1, 0.15) is 34.5 Å². The monoisotopic (exact) mass is 445 g/mol. The topological polar surface area (TPSA) is 42.7 Å². The Bertz CT molecular complexity index is 993. The first-order valence-electron chi connectivity index (χ1n) is 9.35. The van der Waals surface area contributed by atoms with Crippen molar-refractivity contribution < 1.29 is 18.3 Å². The van der Waals surface area contributed by atoms with Crippen molar-refractivity contribution in [1.82, 2.24) is 4.90 Å². The van der Waals surface area contributed by atoms with E-state index in [1.165, 1.54) is 12.1 Å². The summed E-state index contributed by atoms with van der Waals surface area (Å²) >= 11 is 3.47. The second kappa shape index (κ2) is 8.05. The summed E-state index contributed by atoms with van der Waals surface area (Å²) in [4.78, 5) is 15.1. The van der Waals surface area contributed by atoms with Crippen molar-refractivity contribution in [2.24, 2.45) is 0 Å². The molecule has 6 heteroatoms. The SMILES string of the molecule is Cc1c(C(=O)N(Cc2ccc(F)cc2)CC2CCCO2)oc2ccc(Br)cc12. The minimum Gasteiger partial charge on any atom is -0.451 e. The van der Waals surface area contributed by atoms with Gasteiger partial charge in [-0.15, -0.1) is 0 Å². The molecule has 1 saturated heterocycles. The van der Waals surface area contributed by atoms with Gasteiger partial charge in [-0.2, -0.15) is 0 Å². The van der Waals surface area contributed by atoms with Crippen LogP contribution in [0.15, 0.2) is 51.4 Å². The van der Waals surface area contributed by atoms with Crippen LogP contribution in [-0.4, -0.2) is 30.1 Å². The maximum absolute atomic E-state index is 13.4. The number of halogens is 2. The smallest absolute Gasteiger partial charge is 0.290 e. The number of furan rings is 1. The Morgan fingerprint density at radius 1 is 1.25 bits per heavy atom. The molecule has 2 aromatic carbocycles. The minimum atomic E-state index is -0.292. The van der Waals surface area contributed by atoms with Crippen LogP contribution in [0.2, 0.25) is 0 Å². The first-order valence-corrected chi connectivity index (χ1v) is 10.1. The molecule has 1 aliphatic heterocycles. The Kier molecular flexibility index (Phi) is 5.51. The normalized spacial score (nSPS) is 16.6. The van der Waals surface area contributed by atoms with Gasteiger partial charge in [-0.05, 0) is 55.7 Å². The zero-order chi connectivity index (χ0) is 19.7. The van der Waals surface area contributed by atoms with E-state index in [1.807, 2.05) is 25.1 Å². The highest BCUT2D eigenvalue weighted by molar-refractivity contribution is 9.10. The van der Waals surface area contributed by atoms with Crippen molar-refractivity contribution in [3.8, 4) is 0 Å². The summed E-state index contributed by atoms with van der Waals surface area (Å²) in [6.07, 6.45) is 1.95. The van der Waals surface area contributed by atoms with Gasteiger partial charge in [0.15, 0.2) is 5.76 Å². The molecule has 0 spiro atoms. The molecule has 1 fully saturated rings. The number of benzene rings is 2. The lowest BCUT2D eigenvalue weighted by molar-refractivity contribution is 0.0485. The zero-order valence-electron chi connectivity index (χ0n) is 15.6. The highest BCUT2D eigenvalue weighted by atomic mass is 79.9. The predicted octanol–water partition coefficient (Wildman–Crippen LogP) is 5.46. The molecule has 4 nitrogen and oxygen atoms in total. The number of carbonyl (C=O) groups excluding carboxylic acids is 1. The Balaban J connectivity index is 1.65. The van der Waals surface area contributed by atoms with E-state index in [-0.39, 0.29) is 17.8 Å². The first kappa shape index (κ1) is 19.2. The Hall–Kier alpha value is -2.18. The molecule has 1 aromatic heterocycles. The van der Waals surface area contributed by atoms with Gasteiger partial charge in [-0.1, -0.05) is 28.1 Å². The number of rotatable bonds is 5. The van der Waals surface area contributed by atoms with Crippen LogP contribution in [0, 0.1) is 12.7 Å². The number of aryl methyl sites for hydroxylation is 1. The molecule has 0 N–H and O–H groups in total. The standard InChI is InChI=1S/C22H21BrFNO3/c1-14-19-11-16(23)6-9-20(19)28-21(14)22(26)25(13-18-3-2-10-27-18)12-15-4-7-17(24)8-5-15/h4-9,11,18H,2-3,10,12-13H2,1H3. The lowest BCUT2D eigenvalue weighted by Gasteiger charge is -2.25. The van der Waals surface area contributed by atoms with Crippen molar-refractivity contribution in [2.75, 3.05) is 13.2 Å². The first-order chi connectivity index (χ1) is 13.5. The number of hydrogen-bond acceptors (Lipinski definition) is 3. The third-order valence-corrected chi connectivity index (χ3v) is 5.61. The summed E-state index contributed by atoms with van der Waals surface area (Å²) < 4.78 is 25.8. The molecular weight excluding hydrogens is 425 g/mol. The molecule has 0 bridgehead atoms. The van der Waals surface area contributed by atoms with Crippen LogP contribution in [0.4, 0.5) is 4.39 Å². The van der Waals surface area contributed by atoms with E-state index in [2.05, 4.69) is 15.9 Å². The molecule has 2 heterocycles. The van der Waals surface area contributed by atoms with Gasteiger partial charge in [0.05, 0.1) is 6.10 Å². The zero-order valence-corrected chi connectivity index (χ0v) is 17.2. The number of ether oxygens (including phenoxy) is 1. The molecule has 1 amide bonds. The van der Waals surface area contributed by atoms with Gasteiger partial charge >= 0.3 is 0 Å². The number of hydrogen-bond donors (Lipinski definition) is 0. The summed E-state index contributed by atoms with van der Waals surface area (Å²) in [7, 11) is 0. The van der Waals surface area contributed by atoms with Crippen molar-refractivity contribution in [3.05, 3.63) is 69.6 Å². The Labute approximate surface area is 171 Å². The molecule has 1 unspecified atom stereocenters. The Morgan fingerprint density at radius 2 is 2.04 bits per heavy atom.